The summed E-state index contributed by atoms with van der Waals surface area (Å²) >= 11 is 0. The molecule has 0 spiro atoms. The fourth-order valence-electron chi connectivity index (χ4n) is 2.78. The van der Waals surface area contributed by atoms with Crippen LogP contribution in [0.2, 0.25) is 0 Å². The number of likely N-dealkylation sites (tertiary alicyclic amines) is 1. The highest BCUT2D eigenvalue weighted by Crippen LogP contribution is 2.22. The van der Waals surface area contributed by atoms with Crippen LogP contribution in [0.5, 0.6) is 0 Å². The lowest BCUT2D eigenvalue weighted by Gasteiger charge is -2.29. The Morgan fingerprint density at radius 2 is 2.00 bits per heavy atom. The lowest BCUT2D eigenvalue weighted by molar-refractivity contribution is -0.384. The predicted molar refractivity (Wildman–Crippen MR) is 93.1 cm³/mol. The van der Waals surface area contributed by atoms with Crippen molar-refractivity contribution in [3.05, 3.63) is 46.1 Å². The largest absolute Gasteiger partial charge is 0.367 e. The molecule has 1 saturated heterocycles. The quantitative estimate of drug-likeness (QED) is 0.677. The number of nitrogens with zero attached hydrogens (tertiary/aromatic N) is 4. The fraction of sp³-hybridized carbons (Fsp3) is 0.353. The molecule has 1 aliphatic rings. The number of hydrogen-bond acceptors (Lipinski definition) is 6. The highest BCUT2D eigenvalue weighted by molar-refractivity contribution is 5.77. The Kier molecular flexibility index (Phi) is 4.60. The van der Waals surface area contributed by atoms with Crippen molar-refractivity contribution in [2.45, 2.75) is 25.8 Å². The molecule has 0 radical (unpaired) electrons. The van der Waals surface area contributed by atoms with Crippen LogP contribution in [-0.2, 0) is 4.79 Å². The second kappa shape index (κ2) is 6.84. The number of nitro groups is 1. The van der Waals surface area contributed by atoms with Gasteiger partial charge >= 0.3 is 0 Å². The molecule has 130 valence electrons. The molecule has 1 atom stereocenters. The second-order valence-electron chi connectivity index (χ2n) is 6.17. The molecule has 25 heavy (non-hydrogen) atoms. The van der Waals surface area contributed by atoms with E-state index in [4.69, 9.17) is 0 Å². The van der Waals surface area contributed by atoms with E-state index >= 15 is 0 Å². The van der Waals surface area contributed by atoms with Crippen LogP contribution in [0, 0.1) is 17.0 Å². The van der Waals surface area contributed by atoms with Crippen molar-refractivity contribution >= 4 is 17.4 Å². The van der Waals surface area contributed by atoms with Gasteiger partial charge in [-0.25, -0.2) is 9.97 Å². The molecule has 3 rings (SSSR count). The molecule has 0 bridgehead atoms. The van der Waals surface area contributed by atoms with Gasteiger partial charge in [0.25, 0.3) is 5.69 Å². The van der Waals surface area contributed by atoms with Gasteiger partial charge in [-0.1, -0.05) is 0 Å². The Morgan fingerprint density at radius 1 is 1.28 bits per heavy atom. The fourth-order valence-corrected chi connectivity index (χ4v) is 2.78. The van der Waals surface area contributed by atoms with Crippen LogP contribution in [0.3, 0.4) is 0 Å². The lowest BCUT2D eigenvalue weighted by Crippen LogP contribution is -2.41. The van der Waals surface area contributed by atoms with Crippen LogP contribution >= 0.6 is 0 Å². The SMILES string of the molecule is Cc1cc(NC2CCN(C)C(=O)C2)nc(-c2ccc([N+](=O)[O-])cc2)n1. The monoisotopic (exact) mass is 341 g/mol. The molecule has 8 nitrogen and oxygen atoms in total. The van der Waals surface area contributed by atoms with E-state index in [0.717, 1.165) is 18.7 Å². The number of carbonyl (C=O) groups excluding carboxylic acids is 1. The van der Waals surface area contributed by atoms with Crippen LogP contribution in [-0.4, -0.2) is 45.3 Å². The number of amides is 1. The normalized spacial score (nSPS) is 17.4. The minimum atomic E-state index is -0.440. The van der Waals surface area contributed by atoms with Crippen molar-refractivity contribution in [1.29, 1.82) is 0 Å². The second-order valence-corrected chi connectivity index (χ2v) is 6.17. The van der Waals surface area contributed by atoms with Crippen LogP contribution in [0.1, 0.15) is 18.5 Å². The minimum absolute atomic E-state index is 0.0274. The molecule has 1 amide bonds. The van der Waals surface area contributed by atoms with Crippen LogP contribution in [0.4, 0.5) is 11.5 Å². The zero-order valence-corrected chi connectivity index (χ0v) is 14.1. The first-order chi connectivity index (χ1) is 11.9. The lowest BCUT2D eigenvalue weighted by atomic mass is 10.0. The first kappa shape index (κ1) is 16.8. The van der Waals surface area contributed by atoms with Crippen molar-refractivity contribution < 1.29 is 9.72 Å². The summed E-state index contributed by atoms with van der Waals surface area (Å²) in [6.45, 7) is 2.58. The van der Waals surface area contributed by atoms with E-state index in [1.807, 2.05) is 13.0 Å². The Hall–Kier alpha value is -3.03. The van der Waals surface area contributed by atoms with Gasteiger partial charge in [-0.15, -0.1) is 0 Å². The highest BCUT2D eigenvalue weighted by Gasteiger charge is 2.23. The Morgan fingerprint density at radius 3 is 2.64 bits per heavy atom. The topological polar surface area (TPSA) is 101 Å². The number of benzene rings is 1. The number of rotatable bonds is 4. The zero-order valence-electron chi connectivity index (χ0n) is 14.1. The Labute approximate surface area is 145 Å². The number of carbonyl (C=O) groups is 1. The number of aryl methyl sites for hydroxylation is 1. The number of piperidine rings is 1. The summed E-state index contributed by atoms with van der Waals surface area (Å²) in [6.07, 6.45) is 1.30. The molecule has 1 unspecified atom stereocenters. The van der Waals surface area contributed by atoms with Gasteiger partial charge in [0.1, 0.15) is 5.82 Å². The summed E-state index contributed by atoms with van der Waals surface area (Å²) < 4.78 is 0. The number of nitrogens with one attached hydrogen (secondary N) is 1. The molecule has 2 heterocycles. The third kappa shape index (κ3) is 3.90. The maximum atomic E-state index is 11.8. The summed E-state index contributed by atoms with van der Waals surface area (Å²) in [5.74, 6) is 1.27. The predicted octanol–water partition coefficient (Wildman–Crippen LogP) is 2.39. The maximum absolute atomic E-state index is 11.8. The highest BCUT2D eigenvalue weighted by atomic mass is 16.6. The van der Waals surface area contributed by atoms with Gasteiger partial charge in [0.15, 0.2) is 5.82 Å². The third-order valence-corrected chi connectivity index (χ3v) is 4.20. The standard InChI is InChI=1S/C17H19N5O3/c1-11-9-15(19-13-7-8-21(2)16(23)10-13)20-17(18-11)12-3-5-14(6-4-12)22(24)25/h3-6,9,13H,7-8,10H2,1-2H3,(H,18,19,20). The van der Waals surface area contributed by atoms with Crippen molar-refractivity contribution in [3.63, 3.8) is 0 Å². The molecule has 0 saturated carbocycles. The van der Waals surface area contributed by atoms with E-state index in [-0.39, 0.29) is 17.6 Å². The summed E-state index contributed by atoms with van der Waals surface area (Å²) in [6, 6.07) is 8.01. The van der Waals surface area contributed by atoms with Gasteiger partial charge in [-0.3, -0.25) is 14.9 Å². The summed E-state index contributed by atoms with van der Waals surface area (Å²) in [4.78, 5) is 32.8. The summed E-state index contributed by atoms with van der Waals surface area (Å²) in [5, 5.41) is 14.1. The Balaban J connectivity index is 1.80. The first-order valence-corrected chi connectivity index (χ1v) is 8.03. The van der Waals surface area contributed by atoms with E-state index < -0.39 is 4.92 Å². The van der Waals surface area contributed by atoms with Gasteiger partial charge in [0, 0.05) is 55.5 Å². The van der Waals surface area contributed by atoms with Crippen LogP contribution < -0.4 is 5.32 Å². The number of hydrogen-bond donors (Lipinski definition) is 1. The number of aromatic nitrogens is 2. The zero-order chi connectivity index (χ0) is 18.0. The first-order valence-electron chi connectivity index (χ1n) is 8.03. The van der Waals surface area contributed by atoms with Crippen molar-refractivity contribution in [2.75, 3.05) is 18.9 Å². The molecule has 2 aromatic rings. The van der Waals surface area contributed by atoms with Gasteiger partial charge in [-0.2, -0.15) is 0 Å². The number of non-ortho nitro benzene ring substituents is 1. The van der Waals surface area contributed by atoms with Crippen molar-refractivity contribution in [3.8, 4) is 11.4 Å². The molecule has 1 aromatic heterocycles. The van der Waals surface area contributed by atoms with Crippen LogP contribution in [0.25, 0.3) is 11.4 Å². The van der Waals surface area contributed by atoms with E-state index in [1.54, 1.807) is 24.1 Å². The van der Waals surface area contributed by atoms with Gasteiger partial charge in [-0.05, 0) is 25.5 Å². The van der Waals surface area contributed by atoms with Gasteiger partial charge in [0.2, 0.25) is 5.91 Å². The Bertz CT molecular complexity index is 806. The maximum Gasteiger partial charge on any atom is 0.269 e. The molecular weight excluding hydrogens is 322 g/mol. The smallest absolute Gasteiger partial charge is 0.269 e. The molecule has 8 heteroatoms. The van der Waals surface area contributed by atoms with Crippen molar-refractivity contribution in [1.82, 2.24) is 14.9 Å². The number of nitro benzene ring substituents is 1. The summed E-state index contributed by atoms with van der Waals surface area (Å²) in [5.41, 5.74) is 1.52. The summed E-state index contributed by atoms with van der Waals surface area (Å²) in [7, 11) is 1.81. The average Bonchev–Trinajstić information content (AvgIpc) is 2.58. The average molecular weight is 341 g/mol. The molecule has 1 N–H and O–H groups in total. The van der Waals surface area contributed by atoms with E-state index in [2.05, 4.69) is 15.3 Å². The van der Waals surface area contributed by atoms with E-state index in [9.17, 15) is 14.9 Å². The van der Waals surface area contributed by atoms with Crippen LogP contribution in [0.15, 0.2) is 30.3 Å². The molecule has 0 aliphatic carbocycles. The van der Waals surface area contributed by atoms with Gasteiger partial charge in [0.05, 0.1) is 4.92 Å². The van der Waals surface area contributed by atoms with Gasteiger partial charge < -0.3 is 10.2 Å². The van der Waals surface area contributed by atoms with Crippen molar-refractivity contribution in [2.24, 2.45) is 0 Å². The number of anilines is 1. The molecule has 1 fully saturated rings. The minimum Gasteiger partial charge on any atom is -0.367 e. The molecule has 1 aliphatic heterocycles. The molecule has 1 aromatic carbocycles. The van der Waals surface area contributed by atoms with E-state index in [0.29, 0.717) is 23.6 Å². The van der Waals surface area contributed by atoms with E-state index in [1.165, 1.54) is 12.1 Å². The molecular formula is C17H19N5O3. The third-order valence-electron chi connectivity index (χ3n) is 4.20.